The third kappa shape index (κ3) is 4.02. The number of halogens is 2. The van der Waals surface area contributed by atoms with Crippen molar-refractivity contribution in [3.05, 3.63) is 51.5 Å². The average Bonchev–Trinajstić information content (AvgIpc) is 2.60. The summed E-state index contributed by atoms with van der Waals surface area (Å²) < 4.78 is 11.9. The average molecular weight is 426 g/mol. The third-order valence-electron chi connectivity index (χ3n) is 4.08. The Morgan fingerprint density at radius 3 is 2.88 bits per heavy atom. The van der Waals surface area contributed by atoms with Gasteiger partial charge in [0.2, 0.25) is 0 Å². The van der Waals surface area contributed by atoms with Gasteiger partial charge < -0.3 is 14.8 Å². The van der Waals surface area contributed by atoms with Gasteiger partial charge in [0.1, 0.15) is 18.1 Å². The van der Waals surface area contributed by atoms with Crippen molar-refractivity contribution in [3.8, 4) is 11.5 Å². The highest BCUT2D eigenvalue weighted by atomic mass is 79.9. The first-order valence-corrected chi connectivity index (χ1v) is 8.94. The van der Waals surface area contributed by atoms with Gasteiger partial charge in [-0.3, -0.25) is 4.90 Å². The molecule has 132 valence electrons. The number of benzene rings is 2. The maximum Gasteiger partial charge on any atom is 0.321 e. The molecule has 1 aliphatic rings. The number of rotatable bonds is 3. The van der Waals surface area contributed by atoms with Gasteiger partial charge in [-0.1, -0.05) is 27.5 Å². The summed E-state index contributed by atoms with van der Waals surface area (Å²) in [5, 5.41) is 3.46. The molecule has 2 aromatic carbocycles. The van der Waals surface area contributed by atoms with E-state index in [9.17, 15) is 4.79 Å². The molecular formula is C18H18BrClN2O3. The van der Waals surface area contributed by atoms with Crippen LogP contribution >= 0.6 is 27.5 Å². The standard InChI is InChI=1S/C18H18BrClN2O3/c1-22(14-4-6-17(24-2)15(20)9-14)18(23)21-13-8-11-7-12(19)3-5-16(11)25-10-13/h3-7,9,13H,8,10H2,1-2H3,(H,21,23). The van der Waals surface area contributed by atoms with Crippen molar-refractivity contribution in [1.82, 2.24) is 5.32 Å². The van der Waals surface area contributed by atoms with Gasteiger partial charge in [0.15, 0.2) is 0 Å². The highest BCUT2D eigenvalue weighted by Gasteiger charge is 2.23. The fourth-order valence-corrected chi connectivity index (χ4v) is 3.37. The van der Waals surface area contributed by atoms with E-state index in [-0.39, 0.29) is 12.1 Å². The first-order valence-electron chi connectivity index (χ1n) is 7.77. The lowest BCUT2D eigenvalue weighted by Crippen LogP contribution is -2.48. The summed E-state index contributed by atoms with van der Waals surface area (Å²) in [5.41, 5.74) is 1.75. The summed E-state index contributed by atoms with van der Waals surface area (Å²) in [6, 6.07) is 10.8. The number of nitrogens with one attached hydrogen (secondary N) is 1. The van der Waals surface area contributed by atoms with E-state index in [1.807, 2.05) is 18.2 Å². The van der Waals surface area contributed by atoms with Gasteiger partial charge >= 0.3 is 6.03 Å². The van der Waals surface area contributed by atoms with Crippen molar-refractivity contribution in [2.24, 2.45) is 0 Å². The second kappa shape index (κ2) is 7.54. The highest BCUT2D eigenvalue weighted by molar-refractivity contribution is 9.10. The molecule has 0 spiro atoms. The van der Waals surface area contributed by atoms with Gasteiger partial charge in [0.05, 0.1) is 18.2 Å². The molecule has 0 fully saturated rings. The summed E-state index contributed by atoms with van der Waals surface area (Å²) in [4.78, 5) is 14.0. The normalized spacial score (nSPS) is 15.8. The van der Waals surface area contributed by atoms with Crippen LogP contribution in [-0.4, -0.2) is 32.8 Å². The number of hydrogen-bond acceptors (Lipinski definition) is 3. The Balaban J connectivity index is 1.67. The van der Waals surface area contributed by atoms with Crippen LogP contribution in [-0.2, 0) is 6.42 Å². The lowest BCUT2D eigenvalue weighted by Gasteiger charge is -2.28. The summed E-state index contributed by atoms with van der Waals surface area (Å²) in [5.74, 6) is 1.44. The minimum atomic E-state index is -0.215. The monoisotopic (exact) mass is 424 g/mol. The van der Waals surface area contributed by atoms with Gasteiger partial charge in [-0.15, -0.1) is 0 Å². The Hall–Kier alpha value is -1.92. The van der Waals surface area contributed by atoms with Crippen LogP contribution in [0.3, 0.4) is 0 Å². The first kappa shape index (κ1) is 17.9. The number of ether oxygens (including phenoxy) is 2. The summed E-state index contributed by atoms with van der Waals surface area (Å²) >= 11 is 9.59. The van der Waals surface area contributed by atoms with Crippen LogP contribution in [0.4, 0.5) is 10.5 Å². The number of fused-ring (bicyclic) bond motifs is 1. The number of methoxy groups -OCH3 is 1. The molecule has 1 atom stereocenters. The van der Waals surface area contributed by atoms with E-state index in [1.165, 1.54) is 4.90 Å². The molecule has 1 N–H and O–H groups in total. The molecule has 0 saturated heterocycles. The Kier molecular flexibility index (Phi) is 5.39. The van der Waals surface area contributed by atoms with Crippen LogP contribution in [0.5, 0.6) is 11.5 Å². The van der Waals surface area contributed by atoms with Crippen LogP contribution in [0.25, 0.3) is 0 Å². The summed E-state index contributed by atoms with van der Waals surface area (Å²) in [7, 11) is 3.25. The van der Waals surface area contributed by atoms with Crippen molar-refractivity contribution in [2.45, 2.75) is 12.5 Å². The number of anilines is 1. The molecule has 0 aliphatic carbocycles. The van der Waals surface area contributed by atoms with E-state index in [0.29, 0.717) is 23.1 Å². The van der Waals surface area contributed by atoms with E-state index in [1.54, 1.807) is 32.4 Å². The molecule has 3 rings (SSSR count). The van der Waals surface area contributed by atoms with Crippen LogP contribution < -0.4 is 19.7 Å². The van der Waals surface area contributed by atoms with E-state index >= 15 is 0 Å². The van der Waals surface area contributed by atoms with E-state index < -0.39 is 0 Å². The number of amides is 2. The van der Waals surface area contributed by atoms with Crippen molar-refractivity contribution in [2.75, 3.05) is 25.7 Å². The quantitative estimate of drug-likeness (QED) is 0.799. The zero-order valence-corrected chi connectivity index (χ0v) is 16.2. The smallest absolute Gasteiger partial charge is 0.321 e. The fraction of sp³-hybridized carbons (Fsp3) is 0.278. The van der Waals surface area contributed by atoms with Crippen molar-refractivity contribution >= 4 is 39.2 Å². The second-order valence-corrected chi connectivity index (χ2v) is 7.11. The lowest BCUT2D eigenvalue weighted by molar-refractivity contribution is 0.219. The number of carbonyl (C=O) groups is 1. The molecule has 0 radical (unpaired) electrons. The van der Waals surface area contributed by atoms with Gasteiger partial charge in [-0.05, 0) is 48.4 Å². The second-order valence-electron chi connectivity index (χ2n) is 5.79. The summed E-state index contributed by atoms with van der Waals surface area (Å²) in [6.45, 7) is 0.442. The Morgan fingerprint density at radius 1 is 1.36 bits per heavy atom. The molecule has 25 heavy (non-hydrogen) atoms. The molecule has 2 aromatic rings. The molecule has 2 amide bonds. The zero-order chi connectivity index (χ0) is 18.0. The number of nitrogens with zero attached hydrogens (tertiary/aromatic N) is 1. The molecular weight excluding hydrogens is 408 g/mol. The SMILES string of the molecule is COc1ccc(N(C)C(=O)NC2COc3ccc(Br)cc3C2)cc1Cl. The van der Waals surface area contributed by atoms with Crippen LogP contribution in [0, 0.1) is 0 Å². The van der Waals surface area contributed by atoms with Gasteiger partial charge in [-0.2, -0.15) is 0 Å². The van der Waals surface area contributed by atoms with Crippen molar-refractivity contribution in [1.29, 1.82) is 0 Å². The van der Waals surface area contributed by atoms with Crippen molar-refractivity contribution in [3.63, 3.8) is 0 Å². The maximum atomic E-state index is 12.5. The van der Waals surface area contributed by atoms with Gasteiger partial charge in [-0.25, -0.2) is 4.79 Å². The minimum Gasteiger partial charge on any atom is -0.495 e. The summed E-state index contributed by atoms with van der Waals surface area (Å²) in [6.07, 6.45) is 0.720. The van der Waals surface area contributed by atoms with E-state index in [0.717, 1.165) is 22.2 Å². The topological polar surface area (TPSA) is 50.8 Å². The molecule has 0 saturated carbocycles. The number of hydrogen-bond donors (Lipinski definition) is 1. The molecule has 0 aromatic heterocycles. The van der Waals surface area contributed by atoms with Crippen molar-refractivity contribution < 1.29 is 14.3 Å². The first-order chi connectivity index (χ1) is 12.0. The molecule has 0 bridgehead atoms. The zero-order valence-electron chi connectivity index (χ0n) is 13.9. The largest absolute Gasteiger partial charge is 0.495 e. The predicted molar refractivity (Wildman–Crippen MR) is 102 cm³/mol. The molecule has 1 heterocycles. The van der Waals surface area contributed by atoms with Crippen LogP contribution in [0.15, 0.2) is 40.9 Å². The van der Waals surface area contributed by atoms with E-state index in [2.05, 4.69) is 21.2 Å². The van der Waals surface area contributed by atoms with Gasteiger partial charge in [0.25, 0.3) is 0 Å². The number of carbonyl (C=O) groups excluding carboxylic acids is 1. The maximum absolute atomic E-state index is 12.5. The molecule has 5 nitrogen and oxygen atoms in total. The molecule has 7 heteroatoms. The Morgan fingerprint density at radius 2 is 2.16 bits per heavy atom. The Labute approximate surface area is 160 Å². The van der Waals surface area contributed by atoms with Crippen LogP contribution in [0.1, 0.15) is 5.56 Å². The predicted octanol–water partition coefficient (Wildman–Crippen LogP) is 4.26. The van der Waals surface area contributed by atoms with E-state index in [4.69, 9.17) is 21.1 Å². The Bertz CT molecular complexity index is 800. The lowest BCUT2D eigenvalue weighted by atomic mass is 10.0. The van der Waals surface area contributed by atoms with Gasteiger partial charge in [0, 0.05) is 17.2 Å². The highest BCUT2D eigenvalue weighted by Crippen LogP contribution is 2.30. The molecule has 1 aliphatic heterocycles. The fourth-order valence-electron chi connectivity index (χ4n) is 2.71. The minimum absolute atomic E-state index is 0.0922. The molecule has 1 unspecified atom stereocenters. The number of urea groups is 1. The van der Waals surface area contributed by atoms with Crippen LogP contribution in [0.2, 0.25) is 5.02 Å². The third-order valence-corrected chi connectivity index (χ3v) is 4.87.